The van der Waals surface area contributed by atoms with Crippen molar-refractivity contribution in [3.8, 4) is 11.5 Å². The molecule has 2 rings (SSSR count). The van der Waals surface area contributed by atoms with Crippen LogP contribution in [0.5, 0.6) is 11.5 Å². The van der Waals surface area contributed by atoms with Gasteiger partial charge in [-0.1, -0.05) is 12.1 Å². The number of hydrogen-bond donors (Lipinski definition) is 1. The van der Waals surface area contributed by atoms with E-state index in [1.54, 1.807) is 48.5 Å². The first-order valence-corrected chi connectivity index (χ1v) is 6.37. The number of hydrogen-bond acceptors (Lipinski definition) is 4. The smallest absolute Gasteiger partial charge is 0.343 e. The quantitative estimate of drug-likeness (QED) is 0.671. The van der Waals surface area contributed by atoms with E-state index in [4.69, 9.17) is 14.6 Å². The predicted octanol–water partition coefficient (Wildman–Crippen LogP) is 2.80. The molecule has 0 aromatic heterocycles. The van der Waals surface area contributed by atoms with Crippen LogP contribution in [-0.4, -0.2) is 17.7 Å². The maximum atomic E-state index is 11.9. The lowest BCUT2D eigenvalue weighted by Gasteiger charge is -2.06. The Labute approximate surface area is 117 Å². The first-order chi connectivity index (χ1) is 9.72. The molecule has 104 valence electrons. The van der Waals surface area contributed by atoms with E-state index in [0.29, 0.717) is 17.9 Å². The minimum absolute atomic E-state index is 0.0474. The molecule has 1 N–H and O–H groups in total. The van der Waals surface area contributed by atoms with Crippen LogP contribution < -0.4 is 9.47 Å². The molecule has 2 aromatic rings. The third kappa shape index (κ3) is 3.59. The van der Waals surface area contributed by atoms with Gasteiger partial charge in [0.15, 0.2) is 0 Å². The molecule has 0 radical (unpaired) electrons. The summed E-state index contributed by atoms with van der Waals surface area (Å²) in [7, 11) is 0. The molecular weight excluding hydrogens is 256 g/mol. The van der Waals surface area contributed by atoms with Gasteiger partial charge in [0.25, 0.3) is 0 Å². The molecule has 0 aliphatic carbocycles. The molecule has 0 amide bonds. The van der Waals surface area contributed by atoms with Crippen LogP contribution in [-0.2, 0) is 6.61 Å². The van der Waals surface area contributed by atoms with Crippen molar-refractivity contribution >= 4 is 5.97 Å². The summed E-state index contributed by atoms with van der Waals surface area (Å²) in [5, 5.41) is 8.94. The molecular formula is C16H16O4. The second kappa shape index (κ2) is 6.73. The van der Waals surface area contributed by atoms with Crippen molar-refractivity contribution in [2.24, 2.45) is 0 Å². The van der Waals surface area contributed by atoms with Crippen LogP contribution in [0, 0.1) is 0 Å². The van der Waals surface area contributed by atoms with Gasteiger partial charge in [0.05, 0.1) is 18.8 Å². The number of rotatable bonds is 5. The fourth-order valence-electron chi connectivity index (χ4n) is 1.68. The van der Waals surface area contributed by atoms with E-state index < -0.39 is 5.97 Å². The van der Waals surface area contributed by atoms with Gasteiger partial charge in [-0.2, -0.15) is 0 Å². The SMILES string of the molecule is CCOc1ccc(OC(=O)c2ccc(CO)cc2)cc1. The van der Waals surface area contributed by atoms with Gasteiger partial charge in [0, 0.05) is 0 Å². The van der Waals surface area contributed by atoms with E-state index in [1.807, 2.05) is 6.92 Å². The molecule has 0 bridgehead atoms. The highest BCUT2D eigenvalue weighted by atomic mass is 16.5. The Balaban J connectivity index is 2.02. The molecule has 0 spiro atoms. The van der Waals surface area contributed by atoms with Crippen LogP contribution >= 0.6 is 0 Å². The Morgan fingerprint density at radius 2 is 1.60 bits per heavy atom. The van der Waals surface area contributed by atoms with Gasteiger partial charge in [0.1, 0.15) is 11.5 Å². The van der Waals surface area contributed by atoms with E-state index in [9.17, 15) is 4.79 Å². The molecule has 0 aliphatic heterocycles. The van der Waals surface area contributed by atoms with E-state index in [0.717, 1.165) is 11.3 Å². The average Bonchev–Trinajstić information content (AvgIpc) is 2.49. The predicted molar refractivity (Wildman–Crippen MR) is 74.9 cm³/mol. The van der Waals surface area contributed by atoms with Gasteiger partial charge in [-0.3, -0.25) is 0 Å². The van der Waals surface area contributed by atoms with Gasteiger partial charge >= 0.3 is 5.97 Å². The number of carbonyl (C=O) groups excluding carboxylic acids is 1. The second-order valence-electron chi connectivity index (χ2n) is 4.15. The first-order valence-electron chi connectivity index (χ1n) is 6.37. The summed E-state index contributed by atoms with van der Waals surface area (Å²) in [6.45, 7) is 2.45. The van der Waals surface area contributed by atoms with Crippen molar-refractivity contribution in [3.05, 3.63) is 59.7 Å². The highest BCUT2D eigenvalue weighted by Crippen LogP contribution is 2.18. The number of benzene rings is 2. The van der Waals surface area contributed by atoms with Gasteiger partial charge in [-0.05, 0) is 48.9 Å². The Morgan fingerprint density at radius 3 is 2.15 bits per heavy atom. The molecule has 0 unspecified atom stereocenters. The van der Waals surface area contributed by atoms with Crippen LogP contribution in [0.1, 0.15) is 22.8 Å². The Kier molecular flexibility index (Phi) is 4.74. The highest BCUT2D eigenvalue weighted by Gasteiger charge is 2.08. The molecule has 0 aliphatic rings. The topological polar surface area (TPSA) is 55.8 Å². The second-order valence-corrected chi connectivity index (χ2v) is 4.15. The fourth-order valence-corrected chi connectivity index (χ4v) is 1.68. The Hall–Kier alpha value is -2.33. The third-order valence-electron chi connectivity index (χ3n) is 2.72. The summed E-state index contributed by atoms with van der Waals surface area (Å²) in [6.07, 6.45) is 0. The molecule has 4 nitrogen and oxygen atoms in total. The van der Waals surface area contributed by atoms with Gasteiger partial charge < -0.3 is 14.6 Å². The average molecular weight is 272 g/mol. The molecule has 4 heteroatoms. The minimum Gasteiger partial charge on any atom is -0.494 e. The molecule has 0 heterocycles. The third-order valence-corrected chi connectivity index (χ3v) is 2.72. The normalized spacial score (nSPS) is 10.1. The van der Waals surface area contributed by atoms with Gasteiger partial charge in [-0.15, -0.1) is 0 Å². The van der Waals surface area contributed by atoms with Crippen LogP contribution in [0.2, 0.25) is 0 Å². The summed E-state index contributed by atoms with van der Waals surface area (Å²) >= 11 is 0. The molecule has 0 saturated heterocycles. The summed E-state index contributed by atoms with van der Waals surface area (Å²) in [5.41, 5.74) is 1.19. The van der Waals surface area contributed by atoms with Crippen molar-refractivity contribution in [2.75, 3.05) is 6.61 Å². The van der Waals surface area contributed by atoms with Crippen molar-refractivity contribution in [1.29, 1.82) is 0 Å². The van der Waals surface area contributed by atoms with Crippen molar-refractivity contribution in [1.82, 2.24) is 0 Å². The largest absolute Gasteiger partial charge is 0.494 e. The maximum absolute atomic E-state index is 11.9. The number of aliphatic hydroxyl groups excluding tert-OH is 1. The van der Waals surface area contributed by atoms with Crippen LogP contribution in [0.25, 0.3) is 0 Å². The number of esters is 1. The summed E-state index contributed by atoms with van der Waals surface area (Å²) in [6, 6.07) is 13.5. The molecule has 0 atom stereocenters. The molecule has 2 aromatic carbocycles. The highest BCUT2D eigenvalue weighted by molar-refractivity contribution is 5.91. The standard InChI is InChI=1S/C16H16O4/c1-2-19-14-7-9-15(10-8-14)20-16(18)13-5-3-12(11-17)4-6-13/h3-10,17H,2,11H2,1H3. The lowest BCUT2D eigenvalue weighted by atomic mass is 10.1. The van der Waals surface area contributed by atoms with Crippen molar-refractivity contribution in [3.63, 3.8) is 0 Å². The van der Waals surface area contributed by atoms with E-state index in [2.05, 4.69) is 0 Å². The zero-order valence-electron chi connectivity index (χ0n) is 11.2. The fraction of sp³-hybridized carbons (Fsp3) is 0.188. The van der Waals surface area contributed by atoms with E-state index >= 15 is 0 Å². The number of carbonyl (C=O) groups is 1. The Bertz CT molecular complexity index is 558. The van der Waals surface area contributed by atoms with Crippen LogP contribution in [0.4, 0.5) is 0 Å². The molecule has 0 saturated carbocycles. The molecule has 0 fully saturated rings. The monoisotopic (exact) mass is 272 g/mol. The minimum atomic E-state index is -0.432. The van der Waals surface area contributed by atoms with E-state index in [1.165, 1.54) is 0 Å². The lowest BCUT2D eigenvalue weighted by Crippen LogP contribution is -2.08. The zero-order chi connectivity index (χ0) is 14.4. The summed E-state index contributed by atoms with van der Waals surface area (Å²) in [4.78, 5) is 11.9. The van der Waals surface area contributed by atoms with Crippen molar-refractivity contribution < 1.29 is 19.4 Å². The zero-order valence-corrected chi connectivity index (χ0v) is 11.2. The number of ether oxygens (including phenoxy) is 2. The first kappa shape index (κ1) is 14.1. The van der Waals surface area contributed by atoms with E-state index in [-0.39, 0.29) is 6.61 Å². The summed E-state index contributed by atoms with van der Waals surface area (Å²) < 4.78 is 10.6. The molecule has 20 heavy (non-hydrogen) atoms. The van der Waals surface area contributed by atoms with Crippen molar-refractivity contribution in [2.45, 2.75) is 13.5 Å². The van der Waals surface area contributed by atoms with Gasteiger partial charge in [0.2, 0.25) is 0 Å². The maximum Gasteiger partial charge on any atom is 0.343 e. The number of aliphatic hydroxyl groups is 1. The lowest BCUT2D eigenvalue weighted by molar-refractivity contribution is 0.0734. The van der Waals surface area contributed by atoms with Crippen LogP contribution in [0.3, 0.4) is 0 Å². The summed E-state index contributed by atoms with van der Waals surface area (Å²) in [5.74, 6) is 0.767. The van der Waals surface area contributed by atoms with Gasteiger partial charge in [-0.25, -0.2) is 4.79 Å². The van der Waals surface area contributed by atoms with Crippen LogP contribution in [0.15, 0.2) is 48.5 Å². The Morgan fingerprint density at radius 1 is 1.00 bits per heavy atom.